The van der Waals surface area contributed by atoms with Crippen LogP contribution in [0.4, 0.5) is 0 Å². The Balaban J connectivity index is 1.95. The molecule has 3 rings (SSSR count). The van der Waals surface area contributed by atoms with Crippen molar-refractivity contribution in [3.05, 3.63) is 64.4 Å². The van der Waals surface area contributed by atoms with Gasteiger partial charge in [-0.15, -0.1) is 0 Å². The van der Waals surface area contributed by atoms with Crippen LogP contribution in [-0.2, 0) is 17.9 Å². The van der Waals surface area contributed by atoms with Crippen LogP contribution in [0.2, 0.25) is 0 Å². The first-order valence-corrected chi connectivity index (χ1v) is 11.6. The average Bonchev–Trinajstić information content (AvgIpc) is 2.82. The van der Waals surface area contributed by atoms with E-state index in [9.17, 15) is 9.59 Å². The van der Waals surface area contributed by atoms with Gasteiger partial charge in [0.1, 0.15) is 12.4 Å². The second-order valence-electron chi connectivity index (χ2n) is 8.13. The van der Waals surface area contributed by atoms with Crippen LogP contribution in [0, 0.1) is 0 Å². The first kappa shape index (κ1) is 24.4. The summed E-state index contributed by atoms with van der Waals surface area (Å²) in [5.41, 5.74) is 1.39. The number of esters is 1. The number of hydrogen-bond donors (Lipinski definition) is 0. The minimum atomic E-state index is -0.557. The van der Waals surface area contributed by atoms with Crippen LogP contribution < -0.4 is 19.8 Å². The van der Waals surface area contributed by atoms with E-state index < -0.39 is 5.97 Å². The summed E-state index contributed by atoms with van der Waals surface area (Å²) in [6, 6.07) is 15.5. The topological polar surface area (TPSA) is 66.8 Å². The summed E-state index contributed by atoms with van der Waals surface area (Å²) in [5, 5.41) is 0.700. The third-order valence-electron chi connectivity index (χ3n) is 5.58. The fraction of sp³-hybridized carbons (Fsp3) is 0.407. The lowest BCUT2D eigenvalue weighted by Gasteiger charge is -2.17. The van der Waals surface area contributed by atoms with Gasteiger partial charge in [0.2, 0.25) is 5.75 Å². The lowest BCUT2D eigenvalue weighted by molar-refractivity contribution is -0.132. The van der Waals surface area contributed by atoms with Gasteiger partial charge in [0.05, 0.1) is 12.6 Å². The number of aryl methyl sites for hydroxylation is 1. The summed E-state index contributed by atoms with van der Waals surface area (Å²) >= 11 is 0. The molecule has 0 N–H and O–H groups in total. The molecule has 33 heavy (non-hydrogen) atoms. The van der Waals surface area contributed by atoms with Crippen LogP contribution in [0.1, 0.15) is 57.9 Å². The molecule has 6 nitrogen and oxygen atoms in total. The first-order chi connectivity index (χ1) is 16.0. The Hall–Kier alpha value is -3.28. The SMILES string of the molecule is CCCCCCCCn1c(=O)c(OC(C)=O)c(OC)c2ccc(OCc3ccccc3)cc21. The van der Waals surface area contributed by atoms with Crippen molar-refractivity contribution in [1.82, 2.24) is 4.57 Å². The number of nitrogens with zero attached hydrogens (tertiary/aromatic N) is 1. The highest BCUT2D eigenvalue weighted by atomic mass is 16.6. The monoisotopic (exact) mass is 451 g/mol. The Kier molecular flexibility index (Phi) is 8.93. The normalized spacial score (nSPS) is 10.9. The average molecular weight is 452 g/mol. The van der Waals surface area contributed by atoms with E-state index in [1.165, 1.54) is 33.3 Å². The molecule has 0 unspecified atom stereocenters. The molecule has 0 saturated heterocycles. The van der Waals surface area contributed by atoms with Gasteiger partial charge in [0.15, 0.2) is 5.75 Å². The van der Waals surface area contributed by atoms with E-state index in [0.29, 0.717) is 29.8 Å². The molecule has 0 bridgehead atoms. The van der Waals surface area contributed by atoms with Gasteiger partial charge in [-0.2, -0.15) is 0 Å². The van der Waals surface area contributed by atoms with Gasteiger partial charge in [-0.05, 0) is 24.1 Å². The third-order valence-corrected chi connectivity index (χ3v) is 5.58. The molecule has 176 valence electrons. The maximum Gasteiger partial charge on any atom is 0.308 e. The van der Waals surface area contributed by atoms with Crippen molar-refractivity contribution in [3.63, 3.8) is 0 Å². The van der Waals surface area contributed by atoms with E-state index in [0.717, 1.165) is 24.8 Å². The van der Waals surface area contributed by atoms with E-state index in [-0.39, 0.29) is 17.1 Å². The molecule has 0 saturated carbocycles. The van der Waals surface area contributed by atoms with Gasteiger partial charge < -0.3 is 18.8 Å². The summed E-state index contributed by atoms with van der Waals surface area (Å²) in [6.45, 7) is 4.43. The number of fused-ring (bicyclic) bond motifs is 1. The number of hydrogen-bond acceptors (Lipinski definition) is 5. The predicted octanol–water partition coefficient (Wildman–Crippen LogP) is 5.87. The fourth-order valence-corrected chi connectivity index (χ4v) is 3.92. The lowest BCUT2D eigenvalue weighted by Crippen LogP contribution is -2.24. The molecule has 0 aliphatic carbocycles. The number of methoxy groups -OCH3 is 1. The van der Waals surface area contributed by atoms with E-state index in [1.54, 1.807) is 4.57 Å². The zero-order valence-corrected chi connectivity index (χ0v) is 19.8. The molecule has 0 radical (unpaired) electrons. The van der Waals surface area contributed by atoms with Crippen LogP contribution in [0.3, 0.4) is 0 Å². The highest BCUT2D eigenvalue weighted by molar-refractivity contribution is 5.90. The zero-order chi connectivity index (χ0) is 23.6. The van der Waals surface area contributed by atoms with Crippen molar-refractivity contribution >= 4 is 16.9 Å². The smallest absolute Gasteiger partial charge is 0.308 e. The second-order valence-corrected chi connectivity index (χ2v) is 8.13. The van der Waals surface area contributed by atoms with Gasteiger partial charge in [0.25, 0.3) is 5.56 Å². The van der Waals surface area contributed by atoms with E-state index >= 15 is 0 Å². The number of unbranched alkanes of at least 4 members (excludes halogenated alkanes) is 5. The van der Waals surface area contributed by atoms with Crippen molar-refractivity contribution in [3.8, 4) is 17.2 Å². The minimum absolute atomic E-state index is 0.0681. The number of carbonyl (C=O) groups excluding carboxylic acids is 1. The quantitative estimate of drug-likeness (QED) is 0.254. The fourth-order valence-electron chi connectivity index (χ4n) is 3.92. The van der Waals surface area contributed by atoms with Crippen molar-refractivity contribution in [2.75, 3.05) is 7.11 Å². The Bertz CT molecular complexity index is 1120. The molecule has 2 aromatic carbocycles. The predicted molar refractivity (Wildman–Crippen MR) is 130 cm³/mol. The maximum absolute atomic E-state index is 13.3. The molecule has 3 aromatic rings. The highest BCUT2D eigenvalue weighted by Crippen LogP contribution is 2.35. The zero-order valence-electron chi connectivity index (χ0n) is 19.8. The number of benzene rings is 2. The van der Waals surface area contributed by atoms with Crippen molar-refractivity contribution in [2.24, 2.45) is 0 Å². The largest absolute Gasteiger partial charge is 0.492 e. The van der Waals surface area contributed by atoms with E-state index in [4.69, 9.17) is 14.2 Å². The van der Waals surface area contributed by atoms with Gasteiger partial charge in [-0.1, -0.05) is 69.4 Å². The number of carbonyl (C=O) groups is 1. The Labute approximate surface area is 195 Å². The van der Waals surface area contributed by atoms with Crippen molar-refractivity contribution in [2.45, 2.75) is 65.5 Å². The summed E-state index contributed by atoms with van der Waals surface area (Å²) in [7, 11) is 1.47. The number of aromatic nitrogens is 1. The summed E-state index contributed by atoms with van der Waals surface area (Å²) < 4.78 is 18.4. The van der Waals surface area contributed by atoms with Crippen molar-refractivity contribution in [1.29, 1.82) is 0 Å². The molecule has 0 atom stereocenters. The molecular weight excluding hydrogens is 418 g/mol. The lowest BCUT2D eigenvalue weighted by atomic mass is 10.1. The molecule has 1 aromatic heterocycles. The van der Waals surface area contributed by atoms with Crippen molar-refractivity contribution < 1.29 is 19.0 Å². The Morgan fingerprint density at radius 3 is 2.36 bits per heavy atom. The molecule has 0 fully saturated rings. The molecule has 0 aliphatic heterocycles. The van der Waals surface area contributed by atoms with E-state index in [1.807, 2.05) is 48.5 Å². The van der Waals surface area contributed by atoms with Gasteiger partial charge >= 0.3 is 5.97 Å². The van der Waals surface area contributed by atoms with Gasteiger partial charge in [-0.25, -0.2) is 0 Å². The minimum Gasteiger partial charge on any atom is -0.492 e. The Morgan fingerprint density at radius 1 is 0.939 bits per heavy atom. The van der Waals surface area contributed by atoms with E-state index in [2.05, 4.69) is 6.92 Å². The standard InChI is InChI=1S/C27H33NO5/c1-4-5-6-7-8-12-17-28-24-18-22(32-19-21-13-10-9-11-14-21)15-16-23(24)25(31-3)26(27(28)30)33-20(2)29/h9-11,13-16,18H,4-8,12,17,19H2,1-3H3. The number of pyridine rings is 1. The molecule has 0 amide bonds. The molecule has 6 heteroatoms. The van der Waals surface area contributed by atoms with Crippen LogP contribution in [0.25, 0.3) is 10.9 Å². The summed E-state index contributed by atoms with van der Waals surface area (Å²) in [4.78, 5) is 25.0. The number of rotatable bonds is 12. The summed E-state index contributed by atoms with van der Waals surface area (Å²) in [6.07, 6.45) is 6.65. The van der Waals surface area contributed by atoms with Crippen LogP contribution in [0.5, 0.6) is 17.2 Å². The molecule has 1 heterocycles. The summed E-state index contributed by atoms with van der Waals surface area (Å²) in [5.74, 6) is 0.295. The third kappa shape index (κ3) is 6.37. The van der Waals surface area contributed by atoms with Gasteiger partial charge in [-0.3, -0.25) is 9.59 Å². The Morgan fingerprint density at radius 2 is 1.67 bits per heavy atom. The van der Waals surface area contributed by atoms with Gasteiger partial charge in [0, 0.05) is 24.9 Å². The van der Waals surface area contributed by atoms with Crippen LogP contribution >= 0.6 is 0 Å². The molecule has 0 aliphatic rings. The highest BCUT2D eigenvalue weighted by Gasteiger charge is 2.21. The van der Waals surface area contributed by atoms with Crippen LogP contribution in [0.15, 0.2) is 53.3 Å². The first-order valence-electron chi connectivity index (χ1n) is 11.6. The molecular formula is C27H33NO5. The maximum atomic E-state index is 13.3. The second kappa shape index (κ2) is 12.1. The number of ether oxygens (including phenoxy) is 3. The molecule has 0 spiro atoms. The van der Waals surface area contributed by atoms with Crippen LogP contribution in [-0.4, -0.2) is 17.6 Å².